The third-order valence-electron chi connectivity index (χ3n) is 7.03. The number of fused-ring (bicyclic) bond motifs is 1. The van der Waals surface area contributed by atoms with Crippen molar-refractivity contribution in [3.05, 3.63) is 35.2 Å². The van der Waals surface area contributed by atoms with Crippen molar-refractivity contribution in [2.75, 3.05) is 13.1 Å². The molecule has 1 fully saturated rings. The summed E-state index contributed by atoms with van der Waals surface area (Å²) in [5.41, 5.74) is 0.574. The maximum atomic E-state index is 12.9. The lowest BCUT2D eigenvalue weighted by Crippen LogP contribution is -2.52. The van der Waals surface area contributed by atoms with E-state index in [4.69, 9.17) is 9.57 Å². The second-order valence-electron chi connectivity index (χ2n) is 10.7. The summed E-state index contributed by atoms with van der Waals surface area (Å²) in [6.45, 7) is 8.76. The van der Waals surface area contributed by atoms with Gasteiger partial charge in [0.25, 0.3) is 0 Å². The lowest BCUT2D eigenvalue weighted by atomic mass is 9.81. The van der Waals surface area contributed by atoms with Gasteiger partial charge in [-0.2, -0.15) is 0 Å². The predicted molar refractivity (Wildman–Crippen MR) is 124 cm³/mol. The molecule has 11 nitrogen and oxygen atoms in total. The number of amidine groups is 1. The van der Waals surface area contributed by atoms with Crippen molar-refractivity contribution in [2.45, 2.75) is 71.1 Å². The number of nitrogens with zero attached hydrogens (tertiary/aromatic N) is 6. The van der Waals surface area contributed by atoms with Crippen molar-refractivity contribution < 1.29 is 24.3 Å². The van der Waals surface area contributed by atoms with Gasteiger partial charge in [-0.3, -0.25) is 4.79 Å². The molecule has 2 aromatic rings. The standard InChI is InChI=1S/C24H30N6O5/c1-14-6-5-7-16-19(14)15(31)13-24(34-16)8-10-29(11-9-24)18-12-17(35-27-18)21-25-28-30(26-21)20(22(32)33)23(2,3)4/h5-7,17,20H,8-13H2,1-4H3,(H,32,33). The highest BCUT2D eigenvalue weighted by Crippen LogP contribution is 2.41. The molecule has 2 unspecified atom stereocenters. The number of ether oxygens (including phenoxy) is 1. The van der Waals surface area contributed by atoms with Crippen molar-refractivity contribution in [3.63, 3.8) is 0 Å². The minimum Gasteiger partial charge on any atom is -0.486 e. The van der Waals surface area contributed by atoms with Gasteiger partial charge in [0.2, 0.25) is 5.82 Å². The van der Waals surface area contributed by atoms with Crippen LogP contribution in [0.1, 0.15) is 80.3 Å². The largest absolute Gasteiger partial charge is 0.486 e. The fraction of sp³-hybridized carbons (Fsp3) is 0.583. The van der Waals surface area contributed by atoms with Crippen LogP contribution in [0.2, 0.25) is 0 Å². The summed E-state index contributed by atoms with van der Waals surface area (Å²) >= 11 is 0. The highest BCUT2D eigenvalue weighted by atomic mass is 16.6. The Labute approximate surface area is 203 Å². The molecule has 35 heavy (non-hydrogen) atoms. The fourth-order valence-electron chi connectivity index (χ4n) is 5.17. The monoisotopic (exact) mass is 482 g/mol. The molecule has 0 radical (unpaired) electrons. The first-order valence-corrected chi connectivity index (χ1v) is 11.9. The number of likely N-dealkylation sites (tertiary alicyclic amines) is 1. The molecule has 5 rings (SSSR count). The zero-order chi connectivity index (χ0) is 25.0. The maximum Gasteiger partial charge on any atom is 0.331 e. The van der Waals surface area contributed by atoms with Gasteiger partial charge in [-0.05, 0) is 29.2 Å². The molecular weight excluding hydrogens is 452 g/mol. The molecule has 11 heteroatoms. The maximum absolute atomic E-state index is 12.9. The molecule has 1 aromatic heterocycles. The zero-order valence-electron chi connectivity index (χ0n) is 20.4. The number of aryl methyl sites for hydroxylation is 1. The summed E-state index contributed by atoms with van der Waals surface area (Å²) in [6, 6.07) is 4.79. The molecule has 1 saturated heterocycles. The van der Waals surface area contributed by atoms with Crippen LogP contribution in [-0.2, 0) is 9.63 Å². The van der Waals surface area contributed by atoms with Gasteiger partial charge in [-0.25, -0.2) is 4.79 Å². The van der Waals surface area contributed by atoms with E-state index in [1.54, 1.807) is 0 Å². The Balaban J connectivity index is 1.22. The number of hydrogen-bond acceptors (Lipinski definition) is 9. The van der Waals surface area contributed by atoms with Gasteiger partial charge in [0.15, 0.2) is 17.9 Å². The number of carbonyl (C=O) groups is 2. The Kier molecular flexibility index (Phi) is 5.52. The van der Waals surface area contributed by atoms with E-state index in [1.165, 1.54) is 0 Å². The molecule has 3 aliphatic heterocycles. The van der Waals surface area contributed by atoms with Gasteiger partial charge in [-0.1, -0.05) is 38.1 Å². The number of benzene rings is 1. The van der Waals surface area contributed by atoms with E-state index >= 15 is 0 Å². The Hall–Kier alpha value is -3.50. The minimum atomic E-state index is -1.02. The average molecular weight is 483 g/mol. The fourth-order valence-corrected chi connectivity index (χ4v) is 5.17. The number of aliphatic carboxylic acids is 1. The summed E-state index contributed by atoms with van der Waals surface area (Å²) < 4.78 is 6.39. The second kappa shape index (κ2) is 8.31. The van der Waals surface area contributed by atoms with Crippen LogP contribution >= 0.6 is 0 Å². The molecule has 1 aromatic carbocycles. The smallest absolute Gasteiger partial charge is 0.331 e. The van der Waals surface area contributed by atoms with Gasteiger partial charge in [-0.15, -0.1) is 15.0 Å². The van der Waals surface area contributed by atoms with Gasteiger partial charge in [0.05, 0.1) is 18.4 Å². The predicted octanol–water partition coefficient (Wildman–Crippen LogP) is 2.93. The van der Waals surface area contributed by atoms with Crippen LogP contribution in [0.5, 0.6) is 5.75 Å². The van der Waals surface area contributed by atoms with Crippen LogP contribution in [0.15, 0.2) is 23.4 Å². The normalized spacial score (nSPS) is 22.3. The molecule has 4 heterocycles. The van der Waals surface area contributed by atoms with Crippen LogP contribution < -0.4 is 4.74 Å². The van der Waals surface area contributed by atoms with E-state index in [0.717, 1.165) is 16.2 Å². The van der Waals surface area contributed by atoms with E-state index < -0.39 is 29.1 Å². The summed E-state index contributed by atoms with van der Waals surface area (Å²) in [4.78, 5) is 33.5. The number of aromatic nitrogens is 4. The zero-order valence-corrected chi connectivity index (χ0v) is 20.4. The Morgan fingerprint density at radius 3 is 2.69 bits per heavy atom. The quantitative estimate of drug-likeness (QED) is 0.701. The molecule has 0 saturated carbocycles. The Morgan fingerprint density at radius 2 is 2.00 bits per heavy atom. The topological polar surface area (TPSA) is 132 Å². The molecule has 0 bridgehead atoms. The number of ketones is 1. The molecule has 0 aliphatic carbocycles. The summed E-state index contributed by atoms with van der Waals surface area (Å²) in [5, 5.41) is 26.2. The molecule has 0 amide bonds. The number of hydrogen-bond donors (Lipinski definition) is 1. The highest BCUT2D eigenvalue weighted by Gasteiger charge is 2.45. The minimum absolute atomic E-state index is 0.142. The Bertz CT molecular complexity index is 1190. The van der Waals surface area contributed by atoms with Crippen LogP contribution in [0.25, 0.3) is 0 Å². The van der Waals surface area contributed by atoms with Crippen LogP contribution in [0, 0.1) is 12.3 Å². The number of rotatable bonds is 3. The Morgan fingerprint density at radius 1 is 1.26 bits per heavy atom. The number of carbonyl (C=O) groups excluding carboxylic acids is 1. The molecule has 186 valence electrons. The van der Waals surface area contributed by atoms with Crippen molar-refractivity contribution in [2.24, 2.45) is 10.6 Å². The van der Waals surface area contributed by atoms with Crippen LogP contribution in [0.3, 0.4) is 0 Å². The van der Waals surface area contributed by atoms with E-state index in [9.17, 15) is 14.7 Å². The number of carboxylic acids is 1. The summed E-state index contributed by atoms with van der Waals surface area (Å²) in [7, 11) is 0. The molecule has 1 spiro atoms. The van der Waals surface area contributed by atoms with E-state index in [2.05, 4.69) is 25.5 Å². The first-order chi connectivity index (χ1) is 16.6. The number of oxime groups is 1. The number of Topliss-reactive ketones (excluding diaryl/α,β-unsaturated/α-hetero) is 1. The van der Waals surface area contributed by atoms with Crippen molar-refractivity contribution in [1.82, 2.24) is 25.1 Å². The SMILES string of the molecule is Cc1cccc2c1C(=O)CC1(CCN(C3=NOC(c4nnn(C(C(=O)O)C(C)(C)C)n4)C3)CC1)O2. The third-order valence-corrected chi connectivity index (χ3v) is 7.03. The van der Waals surface area contributed by atoms with Gasteiger partial charge in [0.1, 0.15) is 17.2 Å². The number of carboxylic acid groups (broad SMARTS) is 1. The lowest BCUT2D eigenvalue weighted by Gasteiger charge is -2.44. The lowest BCUT2D eigenvalue weighted by molar-refractivity contribution is -0.145. The first kappa shape index (κ1) is 23.3. The van der Waals surface area contributed by atoms with E-state index in [0.29, 0.717) is 55.9 Å². The highest BCUT2D eigenvalue weighted by molar-refractivity contribution is 6.01. The third kappa shape index (κ3) is 4.23. The number of piperidine rings is 1. The van der Waals surface area contributed by atoms with Crippen LogP contribution in [0.4, 0.5) is 0 Å². The first-order valence-electron chi connectivity index (χ1n) is 11.9. The van der Waals surface area contributed by atoms with Crippen molar-refractivity contribution in [1.29, 1.82) is 0 Å². The summed E-state index contributed by atoms with van der Waals surface area (Å²) in [5.74, 6) is 0.893. The number of tetrazole rings is 1. The van der Waals surface area contributed by atoms with Crippen LogP contribution in [-0.4, -0.2) is 66.5 Å². The average Bonchev–Trinajstić information content (AvgIpc) is 3.43. The van der Waals surface area contributed by atoms with E-state index in [1.807, 2.05) is 45.9 Å². The van der Waals surface area contributed by atoms with Gasteiger partial charge in [0, 0.05) is 25.9 Å². The van der Waals surface area contributed by atoms with Gasteiger partial charge < -0.3 is 19.6 Å². The van der Waals surface area contributed by atoms with E-state index in [-0.39, 0.29) is 5.78 Å². The van der Waals surface area contributed by atoms with Crippen molar-refractivity contribution in [3.8, 4) is 5.75 Å². The van der Waals surface area contributed by atoms with Gasteiger partial charge >= 0.3 is 5.97 Å². The molecule has 1 N–H and O–H groups in total. The molecule has 3 aliphatic rings. The molecule has 2 atom stereocenters. The molecular formula is C24H30N6O5. The summed E-state index contributed by atoms with van der Waals surface area (Å²) in [6.07, 6.45) is 1.74. The second-order valence-corrected chi connectivity index (χ2v) is 10.7. The van der Waals surface area contributed by atoms with Crippen molar-refractivity contribution >= 4 is 17.6 Å².